The van der Waals surface area contributed by atoms with Crippen LogP contribution in [0, 0.1) is 0 Å². The van der Waals surface area contributed by atoms with Gasteiger partial charge >= 0.3 is 0 Å². The molecule has 0 atom stereocenters. The summed E-state index contributed by atoms with van der Waals surface area (Å²) >= 11 is 0. The first-order valence-corrected chi connectivity index (χ1v) is 6.56. The van der Waals surface area contributed by atoms with Crippen LogP contribution in [0.4, 0.5) is 0 Å². The normalized spacial score (nSPS) is 19.0. The molecule has 1 aromatic heterocycles. The predicted octanol–water partition coefficient (Wildman–Crippen LogP) is 2.89. The Labute approximate surface area is 98.7 Å². The summed E-state index contributed by atoms with van der Waals surface area (Å²) < 4.78 is 0. The van der Waals surface area contributed by atoms with Crippen molar-refractivity contribution < 1.29 is 0 Å². The molecule has 0 bridgehead atoms. The van der Waals surface area contributed by atoms with Gasteiger partial charge in [0.05, 0.1) is 0 Å². The van der Waals surface area contributed by atoms with E-state index < -0.39 is 0 Å². The van der Waals surface area contributed by atoms with Crippen LogP contribution in [0.25, 0.3) is 0 Å². The molecule has 1 aliphatic heterocycles. The highest BCUT2D eigenvalue weighted by Gasteiger charge is 2.07. The van der Waals surface area contributed by atoms with E-state index >= 15 is 0 Å². The van der Waals surface area contributed by atoms with Gasteiger partial charge in [0.2, 0.25) is 0 Å². The molecule has 1 aliphatic rings. The minimum Gasteiger partial charge on any atom is -0.303 e. The molecule has 2 heterocycles. The second-order valence-corrected chi connectivity index (χ2v) is 4.71. The third kappa shape index (κ3) is 3.93. The van der Waals surface area contributed by atoms with Gasteiger partial charge in [-0.3, -0.25) is 4.98 Å². The fraction of sp³-hybridized carbons (Fsp3) is 0.643. The maximum absolute atomic E-state index is 4.05. The minimum atomic E-state index is 1.17. The fourth-order valence-corrected chi connectivity index (χ4v) is 2.37. The fourth-order valence-electron chi connectivity index (χ4n) is 2.37. The molecule has 0 unspecified atom stereocenters. The SMILES string of the molecule is c1cc(CCN2CCCCCCC2)ccn1. The van der Waals surface area contributed by atoms with Crippen LogP contribution in [0.5, 0.6) is 0 Å². The second kappa shape index (κ2) is 6.64. The van der Waals surface area contributed by atoms with Gasteiger partial charge in [0.15, 0.2) is 0 Å². The van der Waals surface area contributed by atoms with Crippen LogP contribution in [-0.2, 0) is 6.42 Å². The summed E-state index contributed by atoms with van der Waals surface area (Å²) in [4.78, 5) is 6.68. The lowest BCUT2D eigenvalue weighted by Gasteiger charge is -2.24. The largest absolute Gasteiger partial charge is 0.303 e. The molecule has 88 valence electrons. The Morgan fingerprint density at radius 3 is 2.25 bits per heavy atom. The van der Waals surface area contributed by atoms with E-state index in [0.717, 1.165) is 0 Å². The summed E-state index contributed by atoms with van der Waals surface area (Å²) in [5.41, 5.74) is 1.41. The summed E-state index contributed by atoms with van der Waals surface area (Å²) in [6.07, 6.45) is 12.0. The highest BCUT2D eigenvalue weighted by Crippen LogP contribution is 2.11. The van der Waals surface area contributed by atoms with Gasteiger partial charge in [0.1, 0.15) is 0 Å². The highest BCUT2D eigenvalue weighted by atomic mass is 15.1. The maximum atomic E-state index is 4.05. The summed E-state index contributed by atoms with van der Waals surface area (Å²) in [7, 11) is 0. The summed E-state index contributed by atoms with van der Waals surface area (Å²) in [5, 5.41) is 0. The standard InChI is InChI=1S/C14H22N2/c1-2-4-11-16(12-5-3-1)13-8-14-6-9-15-10-7-14/h6-7,9-10H,1-5,8,11-13H2. The number of hydrogen-bond acceptors (Lipinski definition) is 2. The van der Waals surface area contributed by atoms with Crippen LogP contribution in [0.3, 0.4) is 0 Å². The third-order valence-electron chi connectivity index (χ3n) is 3.41. The van der Waals surface area contributed by atoms with Crippen LogP contribution < -0.4 is 0 Å². The van der Waals surface area contributed by atoms with Gasteiger partial charge in [-0.1, -0.05) is 19.3 Å². The molecule has 1 saturated heterocycles. The van der Waals surface area contributed by atoms with Crippen molar-refractivity contribution in [3.05, 3.63) is 30.1 Å². The summed E-state index contributed by atoms with van der Waals surface area (Å²) in [6, 6.07) is 4.26. The van der Waals surface area contributed by atoms with Crippen LogP contribution in [-0.4, -0.2) is 29.5 Å². The number of aromatic nitrogens is 1. The topological polar surface area (TPSA) is 16.1 Å². The van der Waals surface area contributed by atoms with Gasteiger partial charge in [-0.05, 0) is 50.0 Å². The van der Waals surface area contributed by atoms with Gasteiger partial charge < -0.3 is 4.90 Å². The maximum Gasteiger partial charge on any atom is 0.0270 e. The van der Waals surface area contributed by atoms with Crippen LogP contribution in [0.1, 0.15) is 37.7 Å². The molecular weight excluding hydrogens is 196 g/mol. The zero-order valence-corrected chi connectivity index (χ0v) is 10.1. The first-order chi connectivity index (χ1) is 7.95. The molecule has 0 aliphatic carbocycles. The molecule has 16 heavy (non-hydrogen) atoms. The van der Waals surface area contributed by atoms with E-state index in [0.29, 0.717) is 0 Å². The molecule has 0 N–H and O–H groups in total. The summed E-state index contributed by atoms with van der Waals surface area (Å²) in [5.74, 6) is 0. The third-order valence-corrected chi connectivity index (χ3v) is 3.41. The van der Waals surface area contributed by atoms with E-state index in [1.165, 1.54) is 63.7 Å². The zero-order chi connectivity index (χ0) is 11.1. The average molecular weight is 218 g/mol. The van der Waals surface area contributed by atoms with Gasteiger partial charge in [0, 0.05) is 18.9 Å². The number of pyridine rings is 1. The molecule has 1 aromatic rings. The monoisotopic (exact) mass is 218 g/mol. The van der Waals surface area contributed by atoms with Crippen LogP contribution in [0.2, 0.25) is 0 Å². The van der Waals surface area contributed by atoms with E-state index in [1.807, 2.05) is 12.4 Å². The Hall–Kier alpha value is -0.890. The van der Waals surface area contributed by atoms with Crippen molar-refractivity contribution in [1.29, 1.82) is 0 Å². The smallest absolute Gasteiger partial charge is 0.0270 e. The van der Waals surface area contributed by atoms with Crippen molar-refractivity contribution in [3.8, 4) is 0 Å². The van der Waals surface area contributed by atoms with E-state index in [1.54, 1.807) is 0 Å². The van der Waals surface area contributed by atoms with Crippen molar-refractivity contribution in [2.24, 2.45) is 0 Å². The van der Waals surface area contributed by atoms with Crippen molar-refractivity contribution in [3.63, 3.8) is 0 Å². The van der Waals surface area contributed by atoms with E-state index in [4.69, 9.17) is 0 Å². The lowest BCUT2D eigenvalue weighted by molar-refractivity contribution is 0.250. The zero-order valence-electron chi connectivity index (χ0n) is 10.1. The van der Waals surface area contributed by atoms with E-state index in [2.05, 4.69) is 22.0 Å². The molecule has 1 fully saturated rings. The average Bonchev–Trinajstić information content (AvgIpc) is 2.29. The Kier molecular flexibility index (Phi) is 4.81. The van der Waals surface area contributed by atoms with Crippen molar-refractivity contribution >= 4 is 0 Å². The molecule has 2 rings (SSSR count). The lowest BCUT2D eigenvalue weighted by atomic mass is 10.1. The minimum absolute atomic E-state index is 1.17. The Balaban J connectivity index is 1.75. The molecule has 0 spiro atoms. The molecule has 2 heteroatoms. The molecular formula is C14H22N2. The van der Waals surface area contributed by atoms with E-state index in [9.17, 15) is 0 Å². The first kappa shape index (κ1) is 11.6. The molecule has 0 saturated carbocycles. The Morgan fingerprint density at radius 2 is 1.56 bits per heavy atom. The Morgan fingerprint density at radius 1 is 0.938 bits per heavy atom. The molecule has 0 amide bonds. The second-order valence-electron chi connectivity index (χ2n) is 4.71. The molecule has 0 aromatic carbocycles. The molecule has 0 radical (unpaired) electrons. The summed E-state index contributed by atoms with van der Waals surface area (Å²) in [6.45, 7) is 3.81. The van der Waals surface area contributed by atoms with Gasteiger partial charge in [-0.2, -0.15) is 0 Å². The predicted molar refractivity (Wildman–Crippen MR) is 67.5 cm³/mol. The Bertz CT molecular complexity index is 276. The van der Waals surface area contributed by atoms with Gasteiger partial charge in [0.25, 0.3) is 0 Å². The van der Waals surface area contributed by atoms with Crippen molar-refractivity contribution in [2.45, 2.75) is 38.5 Å². The quantitative estimate of drug-likeness (QED) is 0.775. The van der Waals surface area contributed by atoms with Crippen molar-refractivity contribution in [2.75, 3.05) is 19.6 Å². The van der Waals surface area contributed by atoms with Crippen LogP contribution in [0.15, 0.2) is 24.5 Å². The first-order valence-electron chi connectivity index (χ1n) is 6.56. The van der Waals surface area contributed by atoms with Gasteiger partial charge in [-0.25, -0.2) is 0 Å². The van der Waals surface area contributed by atoms with E-state index in [-0.39, 0.29) is 0 Å². The highest BCUT2D eigenvalue weighted by molar-refractivity contribution is 5.09. The van der Waals surface area contributed by atoms with Gasteiger partial charge in [-0.15, -0.1) is 0 Å². The van der Waals surface area contributed by atoms with Crippen LogP contribution >= 0.6 is 0 Å². The number of likely N-dealkylation sites (tertiary alicyclic amines) is 1. The lowest BCUT2D eigenvalue weighted by Crippen LogP contribution is -2.29. The number of rotatable bonds is 3. The number of hydrogen-bond donors (Lipinski definition) is 0. The molecule has 2 nitrogen and oxygen atoms in total. The van der Waals surface area contributed by atoms with Crippen molar-refractivity contribution in [1.82, 2.24) is 9.88 Å². The number of nitrogens with zero attached hydrogens (tertiary/aromatic N) is 2.